The summed E-state index contributed by atoms with van der Waals surface area (Å²) in [5.41, 5.74) is 0. The van der Waals surface area contributed by atoms with Crippen molar-refractivity contribution in [3.8, 4) is 0 Å². The summed E-state index contributed by atoms with van der Waals surface area (Å²) in [5.74, 6) is 0. The third-order valence-corrected chi connectivity index (χ3v) is 4.13. The van der Waals surface area contributed by atoms with Crippen molar-refractivity contribution >= 4 is 39.5 Å². The maximum absolute atomic E-state index is 5.32. The molecule has 0 aromatic rings. The molecule has 0 aliphatic heterocycles. The van der Waals surface area contributed by atoms with Gasteiger partial charge in [0.25, 0.3) is 0 Å². The Morgan fingerprint density at radius 1 is 1.38 bits per heavy atom. The summed E-state index contributed by atoms with van der Waals surface area (Å²) in [4.78, 5) is 0. The van der Waals surface area contributed by atoms with E-state index < -0.39 is 10.7 Å². The van der Waals surface area contributed by atoms with Crippen LogP contribution in [0.3, 0.4) is 0 Å². The van der Waals surface area contributed by atoms with Gasteiger partial charge in [-0.05, 0) is 0 Å². The number of rotatable bonds is 3. The Morgan fingerprint density at radius 3 is 2.00 bits per heavy atom. The van der Waals surface area contributed by atoms with Crippen LogP contribution in [0.2, 0.25) is 0 Å². The minimum atomic E-state index is -2.17. The number of hydrogen-bond donors (Lipinski definition) is 0. The van der Waals surface area contributed by atoms with Crippen molar-refractivity contribution < 1.29 is 14.0 Å². The molecular formula is C3H7Br3OTi. The van der Waals surface area contributed by atoms with Crippen molar-refractivity contribution in [1.29, 1.82) is 0 Å². The molecule has 8 heavy (non-hydrogen) atoms. The van der Waals surface area contributed by atoms with Crippen molar-refractivity contribution in [2.75, 3.05) is 6.61 Å². The van der Waals surface area contributed by atoms with E-state index in [0.29, 0.717) is 0 Å². The van der Waals surface area contributed by atoms with Gasteiger partial charge in [0, 0.05) is 0 Å². The molecule has 0 saturated carbocycles. The van der Waals surface area contributed by atoms with Crippen LogP contribution in [-0.4, -0.2) is 6.61 Å². The van der Waals surface area contributed by atoms with E-state index in [-0.39, 0.29) is 0 Å². The van der Waals surface area contributed by atoms with Gasteiger partial charge in [-0.15, -0.1) is 0 Å². The molecule has 0 aromatic heterocycles. The van der Waals surface area contributed by atoms with E-state index >= 15 is 0 Å². The average molecular weight is 347 g/mol. The second kappa shape index (κ2) is 4.86. The van der Waals surface area contributed by atoms with Gasteiger partial charge < -0.3 is 0 Å². The van der Waals surface area contributed by atoms with Crippen LogP contribution in [0.15, 0.2) is 0 Å². The Labute approximate surface area is 72.5 Å². The van der Waals surface area contributed by atoms with E-state index in [1.807, 2.05) is 0 Å². The SMILES string of the molecule is CCC[O][Ti]([Br])([Br])[Br]. The van der Waals surface area contributed by atoms with Crippen LogP contribution in [0, 0.1) is 0 Å². The van der Waals surface area contributed by atoms with Gasteiger partial charge in [0.05, 0.1) is 0 Å². The third kappa shape index (κ3) is 8.11. The first-order valence-corrected chi connectivity index (χ1v) is 14.5. The summed E-state index contributed by atoms with van der Waals surface area (Å²) in [6.45, 7) is 2.91. The van der Waals surface area contributed by atoms with Crippen molar-refractivity contribution in [1.82, 2.24) is 0 Å². The number of hydrogen-bond acceptors (Lipinski definition) is 1. The summed E-state index contributed by atoms with van der Waals surface area (Å²) < 4.78 is 5.32. The van der Waals surface area contributed by atoms with E-state index in [4.69, 9.17) is 3.32 Å². The Morgan fingerprint density at radius 2 is 1.88 bits per heavy atom. The maximum atomic E-state index is 5.32. The predicted molar refractivity (Wildman–Crippen MR) is 43.0 cm³/mol. The molecule has 5 heteroatoms. The molecule has 1 nitrogen and oxygen atoms in total. The van der Waals surface area contributed by atoms with Gasteiger partial charge >= 0.3 is 73.4 Å². The molecule has 0 atom stereocenters. The van der Waals surface area contributed by atoms with E-state index in [2.05, 4.69) is 46.4 Å². The minimum absolute atomic E-state index is 0.821. The summed E-state index contributed by atoms with van der Waals surface area (Å²) in [6.07, 6.45) is 1.07. The molecular weight excluding hydrogens is 340 g/mol. The van der Waals surface area contributed by atoms with Crippen molar-refractivity contribution in [2.24, 2.45) is 0 Å². The van der Waals surface area contributed by atoms with Gasteiger partial charge in [0.15, 0.2) is 0 Å². The molecule has 0 N–H and O–H groups in total. The molecule has 0 saturated heterocycles. The van der Waals surface area contributed by atoms with Crippen LogP contribution >= 0.6 is 39.5 Å². The zero-order chi connectivity index (χ0) is 6.62. The molecule has 0 spiro atoms. The zero-order valence-electron chi connectivity index (χ0n) is 4.46. The molecule has 0 aliphatic rings. The molecule has 0 radical (unpaired) electrons. The van der Waals surface area contributed by atoms with E-state index in [1.165, 1.54) is 0 Å². The average Bonchev–Trinajstić information content (AvgIpc) is 1.59. The predicted octanol–water partition coefficient (Wildman–Crippen LogP) is 3.41. The standard InChI is InChI=1S/C3H7O.3BrH.Ti/c1-2-3-4;;;;/h2-3H2,1H3;3*1H;/q-1;;;;+4/p-3. The molecule has 50 valence electrons. The topological polar surface area (TPSA) is 9.23 Å². The summed E-state index contributed by atoms with van der Waals surface area (Å²) >= 11 is 10.1. The van der Waals surface area contributed by atoms with Gasteiger partial charge in [-0.3, -0.25) is 0 Å². The first-order valence-electron chi connectivity index (χ1n) is 2.27. The van der Waals surface area contributed by atoms with Gasteiger partial charge in [0.1, 0.15) is 0 Å². The van der Waals surface area contributed by atoms with Gasteiger partial charge in [-0.2, -0.15) is 0 Å². The molecule has 0 heterocycles. The summed E-state index contributed by atoms with van der Waals surface area (Å²) in [7, 11) is -2.17. The first-order chi connectivity index (χ1) is 3.56. The van der Waals surface area contributed by atoms with Crippen molar-refractivity contribution in [3.63, 3.8) is 0 Å². The van der Waals surface area contributed by atoms with Crippen LogP contribution in [0.5, 0.6) is 0 Å². The fraction of sp³-hybridized carbons (Fsp3) is 1.00. The van der Waals surface area contributed by atoms with Crippen molar-refractivity contribution in [2.45, 2.75) is 13.3 Å². The van der Waals surface area contributed by atoms with Crippen LogP contribution in [0.25, 0.3) is 0 Å². The zero-order valence-corrected chi connectivity index (χ0v) is 10.8. The summed E-state index contributed by atoms with van der Waals surface area (Å²) in [6, 6.07) is 0. The molecule has 0 rings (SSSR count). The van der Waals surface area contributed by atoms with E-state index in [9.17, 15) is 0 Å². The van der Waals surface area contributed by atoms with Crippen LogP contribution < -0.4 is 0 Å². The van der Waals surface area contributed by atoms with Crippen LogP contribution in [0.1, 0.15) is 13.3 Å². The monoisotopic (exact) mass is 344 g/mol. The molecule has 0 amide bonds. The number of halogens is 3. The van der Waals surface area contributed by atoms with Gasteiger partial charge in [-0.1, -0.05) is 0 Å². The Bertz CT molecular complexity index is 62.0. The van der Waals surface area contributed by atoms with Crippen LogP contribution in [-0.2, 0) is 14.0 Å². The normalized spacial score (nSPS) is 12.0. The van der Waals surface area contributed by atoms with E-state index in [1.54, 1.807) is 0 Å². The molecule has 0 aromatic carbocycles. The quantitative estimate of drug-likeness (QED) is 0.712. The molecule has 0 fully saturated rings. The second-order valence-electron chi connectivity index (χ2n) is 1.29. The summed E-state index contributed by atoms with van der Waals surface area (Å²) in [5, 5.41) is 0. The van der Waals surface area contributed by atoms with Gasteiger partial charge in [-0.25, -0.2) is 0 Å². The third-order valence-electron chi connectivity index (χ3n) is 0.470. The first kappa shape index (κ1) is 10.1. The fourth-order valence-corrected chi connectivity index (χ4v) is 2.90. The van der Waals surface area contributed by atoms with Gasteiger partial charge in [0.2, 0.25) is 0 Å². The molecule has 0 unspecified atom stereocenters. The van der Waals surface area contributed by atoms with Crippen molar-refractivity contribution in [3.05, 3.63) is 0 Å². The molecule has 0 bridgehead atoms. The second-order valence-corrected chi connectivity index (χ2v) is 30.1. The Hall–Kier alpha value is 2.11. The molecule has 0 aliphatic carbocycles. The van der Waals surface area contributed by atoms with Crippen LogP contribution in [0.4, 0.5) is 0 Å². The van der Waals surface area contributed by atoms with E-state index in [0.717, 1.165) is 13.0 Å². The Kier molecular flexibility index (Phi) is 6.14. The Balaban J connectivity index is 3.11. The fourth-order valence-electron chi connectivity index (χ4n) is 0.218.